The number of halogens is 1. The Kier molecular flexibility index (Phi) is 3.69. The minimum absolute atomic E-state index is 0.0741. The zero-order valence-electron chi connectivity index (χ0n) is 7.96. The van der Waals surface area contributed by atoms with E-state index in [9.17, 15) is 9.18 Å². The van der Waals surface area contributed by atoms with Crippen LogP contribution in [0.4, 0.5) is 10.1 Å². The van der Waals surface area contributed by atoms with Crippen LogP contribution < -0.4 is 5.32 Å². The van der Waals surface area contributed by atoms with Crippen LogP contribution in [0.5, 0.6) is 0 Å². The molecule has 0 saturated carbocycles. The molecule has 0 aliphatic rings. The summed E-state index contributed by atoms with van der Waals surface area (Å²) in [6.45, 7) is 0.458. The lowest BCUT2D eigenvalue weighted by molar-refractivity contribution is 0.0696. The van der Waals surface area contributed by atoms with Gasteiger partial charge in [0.25, 0.3) is 0 Å². The van der Waals surface area contributed by atoms with Crippen molar-refractivity contribution in [3.63, 3.8) is 0 Å². The van der Waals surface area contributed by atoms with Crippen molar-refractivity contribution in [2.24, 2.45) is 0 Å². The maximum atomic E-state index is 13.3. The Bertz CT molecular complexity index is 410. The molecule has 0 amide bonds. The van der Waals surface area contributed by atoms with Gasteiger partial charge in [-0.05, 0) is 18.2 Å². The quantitative estimate of drug-likeness (QED) is 0.586. The Hall–Kier alpha value is -2.02. The number of terminal acetylenes is 1. The van der Waals surface area contributed by atoms with Crippen LogP contribution in [-0.4, -0.2) is 17.6 Å². The van der Waals surface area contributed by atoms with Gasteiger partial charge in [-0.2, -0.15) is 0 Å². The number of carboxylic acid groups (broad SMARTS) is 1. The van der Waals surface area contributed by atoms with E-state index in [-0.39, 0.29) is 11.3 Å². The largest absolute Gasteiger partial charge is 0.478 e. The van der Waals surface area contributed by atoms with Crippen molar-refractivity contribution in [2.45, 2.75) is 6.42 Å². The van der Waals surface area contributed by atoms with Crippen molar-refractivity contribution in [3.8, 4) is 12.3 Å². The highest BCUT2D eigenvalue weighted by Crippen LogP contribution is 2.15. The average Bonchev–Trinajstić information content (AvgIpc) is 2.20. The minimum atomic E-state index is -1.15. The van der Waals surface area contributed by atoms with Crippen molar-refractivity contribution in [1.29, 1.82) is 0 Å². The maximum Gasteiger partial charge on any atom is 0.335 e. The third kappa shape index (κ3) is 2.99. The molecule has 78 valence electrons. The molecule has 1 rings (SSSR count). The molecule has 3 nitrogen and oxygen atoms in total. The van der Waals surface area contributed by atoms with Crippen LogP contribution in [0, 0.1) is 18.2 Å². The van der Waals surface area contributed by atoms with Gasteiger partial charge < -0.3 is 10.4 Å². The van der Waals surface area contributed by atoms with E-state index < -0.39 is 11.8 Å². The molecule has 0 spiro atoms. The number of aromatic carboxylic acids is 1. The molecule has 0 unspecified atom stereocenters. The fourth-order valence-electron chi connectivity index (χ4n) is 1.06. The van der Waals surface area contributed by atoms with Gasteiger partial charge in [-0.15, -0.1) is 12.3 Å². The summed E-state index contributed by atoms with van der Waals surface area (Å²) in [5.74, 6) is 0.668. The van der Waals surface area contributed by atoms with E-state index in [0.717, 1.165) is 6.07 Å². The monoisotopic (exact) mass is 207 g/mol. The summed E-state index contributed by atoms with van der Waals surface area (Å²) in [5, 5.41) is 11.4. The van der Waals surface area contributed by atoms with Gasteiger partial charge in [0.2, 0.25) is 0 Å². The fraction of sp³-hybridized carbons (Fsp3) is 0.182. The predicted molar refractivity (Wildman–Crippen MR) is 55.3 cm³/mol. The Balaban J connectivity index is 2.76. The highest BCUT2D eigenvalue weighted by atomic mass is 19.1. The molecular formula is C11H10FNO2. The zero-order valence-corrected chi connectivity index (χ0v) is 7.96. The van der Waals surface area contributed by atoms with Crippen LogP contribution in [0.1, 0.15) is 16.8 Å². The molecule has 15 heavy (non-hydrogen) atoms. The summed E-state index contributed by atoms with van der Waals surface area (Å²) in [6.07, 6.45) is 5.52. The number of rotatable bonds is 4. The van der Waals surface area contributed by atoms with Gasteiger partial charge in [0.05, 0.1) is 11.3 Å². The molecule has 4 heteroatoms. The lowest BCUT2D eigenvalue weighted by Crippen LogP contribution is -2.04. The van der Waals surface area contributed by atoms with Gasteiger partial charge in [0.1, 0.15) is 5.82 Å². The van der Waals surface area contributed by atoms with Crippen molar-refractivity contribution < 1.29 is 14.3 Å². The lowest BCUT2D eigenvalue weighted by atomic mass is 10.2. The van der Waals surface area contributed by atoms with E-state index in [1.165, 1.54) is 12.1 Å². The number of carboxylic acids is 1. The normalized spacial score (nSPS) is 9.33. The van der Waals surface area contributed by atoms with Crippen molar-refractivity contribution >= 4 is 11.7 Å². The summed E-state index contributed by atoms with van der Waals surface area (Å²) in [4.78, 5) is 10.5. The van der Waals surface area contributed by atoms with Crippen LogP contribution in [0.25, 0.3) is 0 Å². The molecule has 0 aromatic heterocycles. The Labute approximate surface area is 86.9 Å². The van der Waals surface area contributed by atoms with E-state index in [0.29, 0.717) is 13.0 Å². The molecular weight excluding hydrogens is 197 g/mol. The summed E-state index contributed by atoms with van der Waals surface area (Å²) in [5.41, 5.74) is 0.185. The molecule has 0 saturated heterocycles. The summed E-state index contributed by atoms with van der Waals surface area (Å²) in [6, 6.07) is 3.69. The van der Waals surface area contributed by atoms with Crippen LogP contribution in [0.15, 0.2) is 18.2 Å². The number of hydrogen-bond acceptors (Lipinski definition) is 2. The van der Waals surface area contributed by atoms with E-state index >= 15 is 0 Å². The Morgan fingerprint density at radius 1 is 1.60 bits per heavy atom. The van der Waals surface area contributed by atoms with Crippen molar-refractivity contribution in [3.05, 3.63) is 29.6 Å². The van der Waals surface area contributed by atoms with E-state index in [4.69, 9.17) is 11.5 Å². The van der Waals surface area contributed by atoms with Crippen LogP contribution >= 0.6 is 0 Å². The van der Waals surface area contributed by atoms with E-state index in [2.05, 4.69) is 11.2 Å². The Morgan fingerprint density at radius 3 is 2.87 bits per heavy atom. The summed E-state index contributed by atoms with van der Waals surface area (Å²) >= 11 is 0. The van der Waals surface area contributed by atoms with Crippen LogP contribution in [-0.2, 0) is 0 Å². The first-order valence-electron chi connectivity index (χ1n) is 4.35. The van der Waals surface area contributed by atoms with Crippen LogP contribution in [0.2, 0.25) is 0 Å². The maximum absolute atomic E-state index is 13.3. The summed E-state index contributed by atoms with van der Waals surface area (Å²) < 4.78 is 13.3. The molecule has 0 fully saturated rings. The predicted octanol–water partition coefficient (Wildman–Crippen LogP) is 1.96. The standard InChI is InChI=1S/C11H10FNO2/c1-2-3-6-13-10-5-4-8(11(14)15)7-9(10)12/h1,4-5,7,13H,3,6H2,(H,14,15). The van der Waals surface area contributed by atoms with E-state index in [1.54, 1.807) is 0 Å². The molecule has 2 N–H and O–H groups in total. The van der Waals surface area contributed by atoms with Crippen molar-refractivity contribution in [2.75, 3.05) is 11.9 Å². The number of hydrogen-bond donors (Lipinski definition) is 2. The second-order valence-corrected chi connectivity index (χ2v) is 2.88. The number of benzene rings is 1. The highest BCUT2D eigenvalue weighted by molar-refractivity contribution is 5.88. The second kappa shape index (κ2) is 5.01. The lowest BCUT2D eigenvalue weighted by Gasteiger charge is -2.05. The molecule has 0 heterocycles. The highest BCUT2D eigenvalue weighted by Gasteiger charge is 2.07. The molecule has 0 bridgehead atoms. The van der Waals surface area contributed by atoms with Gasteiger partial charge in [0, 0.05) is 13.0 Å². The smallest absolute Gasteiger partial charge is 0.335 e. The SMILES string of the molecule is C#CCCNc1ccc(C(=O)O)cc1F. The van der Waals surface area contributed by atoms with Crippen LogP contribution in [0.3, 0.4) is 0 Å². The fourth-order valence-corrected chi connectivity index (χ4v) is 1.06. The zero-order chi connectivity index (χ0) is 11.3. The first-order valence-corrected chi connectivity index (χ1v) is 4.35. The number of anilines is 1. The molecule has 1 aromatic rings. The second-order valence-electron chi connectivity index (χ2n) is 2.88. The molecule has 0 aliphatic carbocycles. The molecule has 1 aromatic carbocycles. The Morgan fingerprint density at radius 2 is 2.33 bits per heavy atom. The van der Waals surface area contributed by atoms with E-state index in [1.807, 2.05) is 0 Å². The summed E-state index contributed by atoms with van der Waals surface area (Å²) in [7, 11) is 0. The molecule has 0 radical (unpaired) electrons. The number of carbonyl (C=O) groups is 1. The first kappa shape index (κ1) is 11.1. The minimum Gasteiger partial charge on any atom is -0.478 e. The average molecular weight is 207 g/mol. The third-order valence-electron chi connectivity index (χ3n) is 1.80. The first-order chi connectivity index (χ1) is 7.15. The van der Waals surface area contributed by atoms with Gasteiger partial charge in [-0.3, -0.25) is 0 Å². The molecule has 0 atom stereocenters. The van der Waals surface area contributed by atoms with Gasteiger partial charge >= 0.3 is 5.97 Å². The van der Waals surface area contributed by atoms with Gasteiger partial charge in [0.15, 0.2) is 0 Å². The number of nitrogens with one attached hydrogen (secondary N) is 1. The topological polar surface area (TPSA) is 49.3 Å². The third-order valence-corrected chi connectivity index (χ3v) is 1.80. The van der Waals surface area contributed by atoms with Crippen molar-refractivity contribution in [1.82, 2.24) is 0 Å². The molecule has 0 aliphatic heterocycles. The van der Waals surface area contributed by atoms with Gasteiger partial charge in [-0.1, -0.05) is 0 Å². The van der Waals surface area contributed by atoms with Gasteiger partial charge in [-0.25, -0.2) is 9.18 Å².